The number of nitrogens with two attached hydrogens (primary N) is 1. The summed E-state index contributed by atoms with van der Waals surface area (Å²) in [4.78, 5) is 15.0. The van der Waals surface area contributed by atoms with Gasteiger partial charge in [-0.05, 0) is 36.2 Å². The first-order chi connectivity index (χ1) is 13.6. The van der Waals surface area contributed by atoms with Crippen molar-refractivity contribution in [1.29, 1.82) is 0 Å². The molecule has 144 valence electrons. The zero-order valence-corrected chi connectivity index (χ0v) is 15.8. The fourth-order valence-corrected chi connectivity index (χ4v) is 3.92. The Labute approximate surface area is 163 Å². The van der Waals surface area contributed by atoms with Crippen LogP contribution in [0.5, 0.6) is 0 Å². The molecule has 4 rings (SSSR count). The Hall–Kier alpha value is -2.99. The van der Waals surface area contributed by atoms with Crippen LogP contribution < -0.4 is 5.73 Å². The SMILES string of the molecule is CCc1c(C(=O)N2C[C@@H](N)[C@H](c3ccccc3)C2)cnn1-c1ccc(F)cc1. The molecule has 1 fully saturated rings. The molecule has 0 unspecified atom stereocenters. The molecule has 0 aliphatic carbocycles. The van der Waals surface area contributed by atoms with Gasteiger partial charge in [0.25, 0.3) is 5.91 Å². The van der Waals surface area contributed by atoms with Crippen LogP contribution in [-0.2, 0) is 6.42 Å². The number of carbonyl (C=O) groups is 1. The number of nitrogens with zero attached hydrogens (tertiary/aromatic N) is 3. The highest BCUT2D eigenvalue weighted by atomic mass is 19.1. The van der Waals surface area contributed by atoms with E-state index in [1.54, 1.807) is 23.0 Å². The molecule has 5 nitrogen and oxygen atoms in total. The van der Waals surface area contributed by atoms with Gasteiger partial charge in [-0.25, -0.2) is 9.07 Å². The first-order valence-electron chi connectivity index (χ1n) is 9.51. The van der Waals surface area contributed by atoms with Gasteiger partial charge < -0.3 is 10.6 Å². The third-order valence-electron chi connectivity index (χ3n) is 5.39. The molecule has 6 heteroatoms. The highest BCUT2D eigenvalue weighted by Crippen LogP contribution is 2.28. The summed E-state index contributed by atoms with van der Waals surface area (Å²) in [6, 6.07) is 16.1. The maximum absolute atomic E-state index is 13.2. The molecule has 28 heavy (non-hydrogen) atoms. The largest absolute Gasteiger partial charge is 0.336 e. The molecule has 2 atom stereocenters. The minimum absolute atomic E-state index is 0.0564. The Morgan fingerprint density at radius 1 is 1.14 bits per heavy atom. The van der Waals surface area contributed by atoms with Gasteiger partial charge in [0.2, 0.25) is 0 Å². The Bertz CT molecular complexity index is 968. The van der Waals surface area contributed by atoms with E-state index in [1.807, 2.05) is 30.0 Å². The molecule has 2 heterocycles. The maximum atomic E-state index is 13.2. The lowest BCUT2D eigenvalue weighted by Crippen LogP contribution is -2.32. The third-order valence-corrected chi connectivity index (χ3v) is 5.39. The Morgan fingerprint density at radius 2 is 1.86 bits per heavy atom. The molecule has 0 bridgehead atoms. The van der Waals surface area contributed by atoms with Gasteiger partial charge in [0.1, 0.15) is 5.82 Å². The number of rotatable bonds is 4. The second kappa shape index (κ2) is 7.56. The molecule has 2 N–H and O–H groups in total. The molecule has 2 aromatic carbocycles. The number of amides is 1. The van der Waals surface area contributed by atoms with Crippen LogP contribution in [0.25, 0.3) is 5.69 Å². The standard InChI is InChI=1S/C22H23FN4O/c1-2-21-18(12-25-27(21)17-10-8-16(23)9-11-17)22(28)26-13-19(20(24)14-26)15-6-4-3-5-7-15/h3-12,19-20H,2,13-14,24H2,1H3/t19-,20+/m0/s1. The van der Waals surface area contributed by atoms with Crippen LogP contribution in [0.4, 0.5) is 4.39 Å². The van der Waals surface area contributed by atoms with Crippen LogP contribution in [0.15, 0.2) is 60.8 Å². The third kappa shape index (κ3) is 3.31. The second-order valence-corrected chi connectivity index (χ2v) is 7.14. The number of aromatic nitrogens is 2. The van der Waals surface area contributed by atoms with Gasteiger partial charge in [-0.3, -0.25) is 4.79 Å². The van der Waals surface area contributed by atoms with Crippen molar-refractivity contribution in [2.45, 2.75) is 25.3 Å². The molecule has 3 aromatic rings. The highest BCUT2D eigenvalue weighted by molar-refractivity contribution is 5.95. The molecule has 0 radical (unpaired) electrons. The first kappa shape index (κ1) is 18.4. The predicted molar refractivity (Wildman–Crippen MR) is 106 cm³/mol. The number of hydrogen-bond acceptors (Lipinski definition) is 3. The second-order valence-electron chi connectivity index (χ2n) is 7.14. The summed E-state index contributed by atoms with van der Waals surface area (Å²) < 4.78 is 14.9. The number of likely N-dealkylation sites (tertiary alicyclic amines) is 1. The number of benzene rings is 2. The smallest absolute Gasteiger partial charge is 0.257 e. The van der Waals surface area contributed by atoms with Crippen molar-refractivity contribution in [3.63, 3.8) is 0 Å². The van der Waals surface area contributed by atoms with E-state index < -0.39 is 0 Å². The number of halogens is 1. The fraction of sp³-hybridized carbons (Fsp3) is 0.273. The zero-order chi connectivity index (χ0) is 19.7. The lowest BCUT2D eigenvalue weighted by Gasteiger charge is -2.17. The topological polar surface area (TPSA) is 64.2 Å². The van der Waals surface area contributed by atoms with E-state index in [0.717, 1.165) is 16.9 Å². The molecule has 1 aliphatic heterocycles. The fourth-order valence-electron chi connectivity index (χ4n) is 3.92. The van der Waals surface area contributed by atoms with Crippen molar-refractivity contribution in [1.82, 2.24) is 14.7 Å². The monoisotopic (exact) mass is 378 g/mol. The summed E-state index contributed by atoms with van der Waals surface area (Å²) in [7, 11) is 0. The minimum atomic E-state index is -0.303. The van der Waals surface area contributed by atoms with E-state index >= 15 is 0 Å². The molecule has 1 aromatic heterocycles. The summed E-state index contributed by atoms with van der Waals surface area (Å²) in [5.41, 5.74) is 9.63. The van der Waals surface area contributed by atoms with E-state index in [1.165, 1.54) is 12.1 Å². The highest BCUT2D eigenvalue weighted by Gasteiger charge is 2.35. The molecular formula is C22H23FN4O. The van der Waals surface area contributed by atoms with E-state index in [9.17, 15) is 9.18 Å². The minimum Gasteiger partial charge on any atom is -0.336 e. The van der Waals surface area contributed by atoms with Crippen molar-refractivity contribution in [2.24, 2.45) is 5.73 Å². The summed E-state index contributed by atoms with van der Waals surface area (Å²) in [5.74, 6) is -0.232. The molecule has 1 saturated heterocycles. The van der Waals surface area contributed by atoms with Crippen LogP contribution in [0.2, 0.25) is 0 Å². The van der Waals surface area contributed by atoms with Gasteiger partial charge >= 0.3 is 0 Å². The van der Waals surface area contributed by atoms with E-state index in [4.69, 9.17) is 5.73 Å². The van der Waals surface area contributed by atoms with Crippen molar-refractivity contribution in [2.75, 3.05) is 13.1 Å². The molecule has 1 amide bonds. The van der Waals surface area contributed by atoms with Crippen molar-refractivity contribution < 1.29 is 9.18 Å². The van der Waals surface area contributed by atoms with E-state index in [2.05, 4.69) is 17.2 Å². The predicted octanol–water partition coefficient (Wildman–Crippen LogP) is 3.14. The van der Waals surface area contributed by atoms with Crippen molar-refractivity contribution in [3.8, 4) is 5.69 Å². The summed E-state index contributed by atoms with van der Waals surface area (Å²) in [5, 5.41) is 4.39. The lowest BCUT2D eigenvalue weighted by atomic mass is 9.95. The Morgan fingerprint density at radius 3 is 2.54 bits per heavy atom. The Balaban J connectivity index is 1.59. The van der Waals surface area contributed by atoms with Crippen LogP contribution in [-0.4, -0.2) is 39.7 Å². The van der Waals surface area contributed by atoms with Gasteiger partial charge in [-0.15, -0.1) is 0 Å². The van der Waals surface area contributed by atoms with Gasteiger partial charge in [-0.1, -0.05) is 37.3 Å². The normalized spacial score (nSPS) is 19.2. The van der Waals surface area contributed by atoms with Crippen LogP contribution in [0, 0.1) is 5.82 Å². The zero-order valence-electron chi connectivity index (χ0n) is 15.8. The van der Waals surface area contributed by atoms with Gasteiger partial charge in [-0.2, -0.15) is 5.10 Å². The average molecular weight is 378 g/mol. The van der Waals surface area contributed by atoms with Crippen molar-refractivity contribution in [3.05, 3.63) is 83.4 Å². The molecule has 0 saturated carbocycles. The summed E-state index contributed by atoms with van der Waals surface area (Å²) in [6.45, 7) is 3.09. The average Bonchev–Trinajstić information content (AvgIpc) is 3.32. The molecule has 0 spiro atoms. The lowest BCUT2D eigenvalue weighted by molar-refractivity contribution is 0.0788. The number of carbonyl (C=O) groups excluding carboxylic acids is 1. The Kier molecular flexibility index (Phi) is 4.96. The van der Waals surface area contributed by atoms with Crippen LogP contribution in [0.3, 0.4) is 0 Å². The summed E-state index contributed by atoms with van der Waals surface area (Å²) in [6.07, 6.45) is 2.24. The first-order valence-corrected chi connectivity index (χ1v) is 9.51. The molecular weight excluding hydrogens is 355 g/mol. The van der Waals surface area contributed by atoms with E-state index in [0.29, 0.717) is 25.1 Å². The quantitative estimate of drug-likeness (QED) is 0.759. The van der Waals surface area contributed by atoms with Gasteiger partial charge in [0.05, 0.1) is 23.1 Å². The van der Waals surface area contributed by atoms with Crippen LogP contribution in [0.1, 0.15) is 34.5 Å². The van der Waals surface area contributed by atoms with Gasteiger partial charge in [0, 0.05) is 25.0 Å². The van der Waals surface area contributed by atoms with Crippen LogP contribution >= 0.6 is 0 Å². The van der Waals surface area contributed by atoms with E-state index in [-0.39, 0.29) is 23.7 Å². The maximum Gasteiger partial charge on any atom is 0.257 e. The summed E-state index contributed by atoms with van der Waals surface area (Å²) >= 11 is 0. The van der Waals surface area contributed by atoms with Gasteiger partial charge in [0.15, 0.2) is 0 Å². The number of hydrogen-bond donors (Lipinski definition) is 1. The molecule has 1 aliphatic rings. The van der Waals surface area contributed by atoms with Crippen molar-refractivity contribution >= 4 is 5.91 Å².